The molecule has 1 amide bonds. The summed E-state index contributed by atoms with van der Waals surface area (Å²) in [6.07, 6.45) is 0. The maximum Gasteiger partial charge on any atom is 0.313 e. The van der Waals surface area contributed by atoms with Crippen molar-refractivity contribution in [2.45, 2.75) is 16.9 Å². The Kier molecular flexibility index (Phi) is 5.93. The molecule has 0 spiro atoms. The van der Waals surface area contributed by atoms with Crippen LogP contribution in [-0.4, -0.2) is 57.0 Å². The maximum atomic E-state index is 13.8. The van der Waals surface area contributed by atoms with Gasteiger partial charge in [-0.2, -0.15) is 0 Å². The quantitative estimate of drug-likeness (QED) is 0.563. The second-order valence-electron chi connectivity index (χ2n) is 8.71. The Morgan fingerprint density at radius 1 is 0.972 bits per heavy atom. The lowest BCUT2D eigenvalue weighted by molar-refractivity contribution is -0.139. The van der Waals surface area contributed by atoms with E-state index in [4.69, 9.17) is 9.47 Å². The summed E-state index contributed by atoms with van der Waals surface area (Å²) in [5.74, 6) is -1.53. The van der Waals surface area contributed by atoms with Crippen LogP contribution in [-0.2, 0) is 14.8 Å². The van der Waals surface area contributed by atoms with E-state index in [-0.39, 0.29) is 16.4 Å². The highest BCUT2D eigenvalue weighted by atomic mass is 32.2. The number of hydrogen-bond donors (Lipinski definition) is 1. The van der Waals surface area contributed by atoms with E-state index in [1.165, 1.54) is 43.3 Å². The van der Waals surface area contributed by atoms with Crippen LogP contribution in [0.25, 0.3) is 0 Å². The van der Waals surface area contributed by atoms with Crippen molar-refractivity contribution in [2.24, 2.45) is 0 Å². The third kappa shape index (κ3) is 3.88. The predicted molar refractivity (Wildman–Crippen MR) is 131 cm³/mol. The Hall–Kier alpha value is -3.89. The number of aliphatic carboxylic acids is 1. The fraction of sp³-hybridized carbons (Fsp3) is 0.231. The van der Waals surface area contributed by atoms with Gasteiger partial charge in [-0.25, -0.2) is 12.7 Å². The molecule has 2 atom stereocenters. The molecule has 0 fully saturated rings. The first kappa shape index (κ1) is 23.8. The summed E-state index contributed by atoms with van der Waals surface area (Å²) >= 11 is 0. The van der Waals surface area contributed by atoms with E-state index in [0.29, 0.717) is 41.5 Å². The van der Waals surface area contributed by atoms with E-state index in [1.807, 2.05) is 0 Å². The smallest absolute Gasteiger partial charge is 0.313 e. The first-order valence-electron chi connectivity index (χ1n) is 11.3. The van der Waals surface area contributed by atoms with Crippen LogP contribution in [0.2, 0.25) is 0 Å². The molecule has 36 heavy (non-hydrogen) atoms. The Labute approximate surface area is 208 Å². The van der Waals surface area contributed by atoms with Gasteiger partial charge in [0.15, 0.2) is 11.5 Å². The molecule has 3 aromatic rings. The zero-order valence-corrected chi connectivity index (χ0v) is 20.4. The van der Waals surface area contributed by atoms with E-state index in [2.05, 4.69) is 0 Å². The number of fused-ring (bicyclic) bond motifs is 2. The van der Waals surface area contributed by atoms with Crippen molar-refractivity contribution in [2.75, 3.05) is 32.2 Å². The molecule has 2 aliphatic rings. The van der Waals surface area contributed by atoms with Crippen molar-refractivity contribution < 1.29 is 32.6 Å². The van der Waals surface area contributed by atoms with Gasteiger partial charge in [0.05, 0.1) is 10.9 Å². The van der Waals surface area contributed by atoms with Crippen molar-refractivity contribution in [3.63, 3.8) is 0 Å². The Morgan fingerprint density at radius 2 is 1.64 bits per heavy atom. The van der Waals surface area contributed by atoms with Crippen LogP contribution in [0.15, 0.2) is 71.6 Å². The van der Waals surface area contributed by atoms with Gasteiger partial charge < -0.3 is 14.6 Å². The Morgan fingerprint density at radius 3 is 2.31 bits per heavy atom. The van der Waals surface area contributed by atoms with E-state index in [1.54, 1.807) is 42.5 Å². The molecule has 3 aromatic carbocycles. The van der Waals surface area contributed by atoms with Crippen LogP contribution < -0.4 is 14.4 Å². The highest BCUT2D eigenvalue weighted by Gasteiger charge is 2.45. The van der Waals surface area contributed by atoms with Gasteiger partial charge in [0.25, 0.3) is 5.91 Å². The molecule has 0 radical (unpaired) electrons. The number of ether oxygens (including phenoxy) is 2. The van der Waals surface area contributed by atoms with E-state index in [9.17, 15) is 23.1 Å². The predicted octanol–water partition coefficient (Wildman–Crippen LogP) is 3.28. The van der Waals surface area contributed by atoms with E-state index >= 15 is 0 Å². The fourth-order valence-electron chi connectivity index (χ4n) is 4.66. The van der Waals surface area contributed by atoms with E-state index in [0.717, 1.165) is 4.31 Å². The number of carbonyl (C=O) groups excluding carboxylic acids is 1. The van der Waals surface area contributed by atoms with Crippen molar-refractivity contribution >= 4 is 27.6 Å². The van der Waals surface area contributed by atoms with Crippen molar-refractivity contribution in [1.29, 1.82) is 0 Å². The summed E-state index contributed by atoms with van der Waals surface area (Å²) in [5, 5.41) is 10.3. The van der Waals surface area contributed by atoms with E-state index < -0.39 is 28.0 Å². The number of benzene rings is 3. The summed E-state index contributed by atoms with van der Waals surface area (Å²) in [6.45, 7) is 0.768. The average molecular weight is 509 g/mol. The van der Waals surface area contributed by atoms with Crippen LogP contribution in [0.3, 0.4) is 0 Å². The monoisotopic (exact) mass is 508 g/mol. The van der Waals surface area contributed by atoms with Crippen LogP contribution >= 0.6 is 0 Å². The van der Waals surface area contributed by atoms with Gasteiger partial charge in [-0.05, 0) is 53.6 Å². The van der Waals surface area contributed by atoms with Crippen LogP contribution in [0, 0.1) is 0 Å². The molecule has 2 heterocycles. The average Bonchev–Trinajstić information content (AvgIpc) is 2.88. The van der Waals surface area contributed by atoms with Gasteiger partial charge in [0.1, 0.15) is 19.1 Å². The SMILES string of the molecule is CN(C)S(=O)(=O)c1ccc(N2C(=O)c3ccccc3C(C(=O)O)C2c2ccc3c(c2)OCCO3)cc1. The van der Waals surface area contributed by atoms with Gasteiger partial charge in [-0.1, -0.05) is 24.3 Å². The number of nitrogens with zero attached hydrogens (tertiary/aromatic N) is 2. The minimum Gasteiger partial charge on any atom is -0.486 e. The molecule has 2 unspecified atom stereocenters. The van der Waals surface area contributed by atoms with Gasteiger partial charge in [0, 0.05) is 25.3 Å². The molecule has 2 aliphatic heterocycles. The molecule has 0 saturated carbocycles. The van der Waals surface area contributed by atoms with Gasteiger partial charge in [0.2, 0.25) is 10.0 Å². The first-order valence-corrected chi connectivity index (χ1v) is 12.7. The summed E-state index contributed by atoms with van der Waals surface area (Å²) in [7, 11) is -0.813. The topological polar surface area (TPSA) is 113 Å². The van der Waals surface area contributed by atoms with Crippen molar-refractivity contribution in [1.82, 2.24) is 4.31 Å². The highest BCUT2D eigenvalue weighted by Crippen LogP contribution is 2.47. The Bertz CT molecular complexity index is 1450. The molecule has 186 valence electrons. The second-order valence-corrected chi connectivity index (χ2v) is 10.9. The van der Waals surface area contributed by atoms with Gasteiger partial charge in [-0.15, -0.1) is 0 Å². The lowest BCUT2D eigenvalue weighted by atomic mass is 9.79. The van der Waals surface area contributed by atoms with Crippen molar-refractivity contribution in [3.05, 3.63) is 83.4 Å². The number of hydrogen-bond acceptors (Lipinski definition) is 6. The van der Waals surface area contributed by atoms with Crippen LogP contribution in [0.4, 0.5) is 5.69 Å². The van der Waals surface area contributed by atoms with Gasteiger partial charge >= 0.3 is 5.97 Å². The summed E-state index contributed by atoms with van der Waals surface area (Å²) in [5.41, 5.74) is 1.62. The number of rotatable bonds is 5. The standard InChI is InChI=1S/C26H24N2O7S/c1-27(2)36(32,33)18-10-8-17(9-11-18)28-24(16-7-12-21-22(15-16)35-14-13-34-21)23(26(30)31)19-5-3-4-6-20(19)25(28)29/h3-12,15,23-24H,13-14H2,1-2H3,(H,30,31). The summed E-state index contributed by atoms with van der Waals surface area (Å²) in [6, 6.07) is 16.7. The lowest BCUT2D eigenvalue weighted by Crippen LogP contribution is -2.45. The number of carboxylic acids is 1. The number of carbonyl (C=O) groups is 2. The molecule has 10 heteroatoms. The highest BCUT2D eigenvalue weighted by molar-refractivity contribution is 7.89. The largest absolute Gasteiger partial charge is 0.486 e. The molecule has 0 aromatic heterocycles. The second kappa shape index (κ2) is 8.96. The lowest BCUT2D eigenvalue weighted by Gasteiger charge is -2.41. The minimum atomic E-state index is -3.68. The van der Waals surface area contributed by atoms with Crippen molar-refractivity contribution in [3.8, 4) is 11.5 Å². The molecule has 1 N–H and O–H groups in total. The third-order valence-electron chi connectivity index (χ3n) is 6.41. The molecule has 0 bridgehead atoms. The Balaban J connectivity index is 1.69. The van der Waals surface area contributed by atoms with Gasteiger partial charge in [-0.3, -0.25) is 14.5 Å². The molecule has 0 aliphatic carbocycles. The molecule has 5 rings (SSSR count). The molecule has 0 saturated heterocycles. The molecule has 9 nitrogen and oxygen atoms in total. The number of anilines is 1. The molecular weight excluding hydrogens is 484 g/mol. The maximum absolute atomic E-state index is 13.8. The fourth-order valence-corrected chi connectivity index (χ4v) is 5.56. The zero-order chi connectivity index (χ0) is 25.6. The third-order valence-corrected chi connectivity index (χ3v) is 8.24. The van der Waals surface area contributed by atoms with Crippen LogP contribution in [0.1, 0.15) is 33.4 Å². The molecular formula is C26H24N2O7S. The minimum absolute atomic E-state index is 0.0618. The normalized spacial score (nSPS) is 19.2. The summed E-state index contributed by atoms with van der Waals surface area (Å²) < 4.78 is 37.5. The number of amides is 1. The number of sulfonamides is 1. The summed E-state index contributed by atoms with van der Waals surface area (Å²) in [4.78, 5) is 27.9. The zero-order valence-electron chi connectivity index (χ0n) is 19.6. The first-order chi connectivity index (χ1) is 17.2. The number of carboxylic acid groups (broad SMARTS) is 1. The van der Waals surface area contributed by atoms with Crippen LogP contribution in [0.5, 0.6) is 11.5 Å².